The highest BCUT2D eigenvalue weighted by Crippen LogP contribution is 2.56. The number of fused-ring (bicyclic) bond motifs is 5. The van der Waals surface area contributed by atoms with Crippen LogP contribution in [0.1, 0.15) is 43.4 Å². The number of likely N-dealkylation sites (tertiary alicyclic amines) is 1. The number of rotatable bonds is 1. The van der Waals surface area contributed by atoms with Gasteiger partial charge >= 0.3 is 0 Å². The molecule has 3 nitrogen and oxygen atoms in total. The molecule has 1 aliphatic heterocycles. The van der Waals surface area contributed by atoms with Crippen LogP contribution in [-0.4, -0.2) is 23.1 Å². The first kappa shape index (κ1) is 14.0. The first-order chi connectivity index (χ1) is 10.6. The molecule has 0 bridgehead atoms. The zero-order valence-electron chi connectivity index (χ0n) is 13.7. The first-order valence-corrected chi connectivity index (χ1v) is 8.40. The zero-order valence-corrected chi connectivity index (χ0v) is 13.7. The maximum absolute atomic E-state index is 12.9. The number of hydrogen-bond acceptors (Lipinski definition) is 2. The van der Waals surface area contributed by atoms with E-state index < -0.39 is 0 Å². The van der Waals surface area contributed by atoms with E-state index in [1.54, 1.807) is 0 Å². The summed E-state index contributed by atoms with van der Waals surface area (Å²) in [5, 5.41) is 1.27. The Morgan fingerprint density at radius 2 is 2.05 bits per heavy atom. The molecule has 0 amide bonds. The summed E-state index contributed by atoms with van der Waals surface area (Å²) in [5.74, 6) is 0. The summed E-state index contributed by atoms with van der Waals surface area (Å²) in [6, 6.07) is 8.80. The topological polar surface area (TPSA) is 25.2 Å². The van der Waals surface area contributed by atoms with Crippen molar-refractivity contribution >= 4 is 10.9 Å². The van der Waals surface area contributed by atoms with Crippen LogP contribution >= 0.6 is 0 Å². The van der Waals surface area contributed by atoms with Gasteiger partial charge in [0.25, 0.3) is 5.56 Å². The summed E-state index contributed by atoms with van der Waals surface area (Å²) in [6.07, 6.45) is 4.58. The van der Waals surface area contributed by atoms with Gasteiger partial charge in [0.1, 0.15) is 0 Å². The fourth-order valence-corrected chi connectivity index (χ4v) is 5.04. The zero-order chi connectivity index (χ0) is 15.5. The van der Waals surface area contributed by atoms with Crippen molar-refractivity contribution in [2.24, 2.45) is 12.5 Å². The van der Waals surface area contributed by atoms with Crippen LogP contribution in [-0.2, 0) is 13.5 Å². The number of piperidine rings is 1. The number of para-hydroxylation sites is 1. The maximum atomic E-state index is 12.9. The molecule has 1 fully saturated rings. The number of nitrogens with zero attached hydrogens (tertiary/aromatic N) is 2. The molecule has 1 aromatic heterocycles. The molecule has 116 valence electrons. The molecular formula is C19H24N2O. The third-order valence-electron chi connectivity index (χ3n) is 6.16. The Balaban J connectivity index is 2.09. The van der Waals surface area contributed by atoms with E-state index in [-0.39, 0.29) is 11.0 Å². The lowest BCUT2D eigenvalue weighted by Gasteiger charge is -2.45. The van der Waals surface area contributed by atoms with Gasteiger partial charge < -0.3 is 4.57 Å². The minimum absolute atomic E-state index is 0.212. The highest BCUT2D eigenvalue weighted by molar-refractivity contribution is 5.85. The summed E-state index contributed by atoms with van der Waals surface area (Å²) < 4.78 is 1.84. The molecule has 1 aromatic carbocycles. The molecule has 2 aromatic rings. The van der Waals surface area contributed by atoms with Crippen molar-refractivity contribution < 1.29 is 0 Å². The molecule has 2 aliphatic rings. The van der Waals surface area contributed by atoms with Gasteiger partial charge in [-0.15, -0.1) is 0 Å². The molecular weight excluding hydrogens is 272 g/mol. The van der Waals surface area contributed by atoms with Crippen LogP contribution in [0.4, 0.5) is 0 Å². The van der Waals surface area contributed by atoms with E-state index in [0.29, 0.717) is 6.04 Å². The van der Waals surface area contributed by atoms with E-state index in [2.05, 4.69) is 37.1 Å². The normalized spacial score (nSPS) is 27.9. The van der Waals surface area contributed by atoms with Gasteiger partial charge in [-0.1, -0.05) is 25.1 Å². The fourth-order valence-electron chi connectivity index (χ4n) is 5.04. The van der Waals surface area contributed by atoms with Crippen LogP contribution in [0.15, 0.2) is 29.1 Å². The smallest absolute Gasteiger partial charge is 0.254 e. The molecule has 0 saturated carbocycles. The van der Waals surface area contributed by atoms with Gasteiger partial charge in [-0.3, -0.25) is 9.69 Å². The number of aryl methyl sites for hydroxylation is 1. The third kappa shape index (κ3) is 1.63. The molecule has 0 N–H and O–H groups in total. The highest BCUT2D eigenvalue weighted by Gasteiger charge is 2.50. The molecule has 1 saturated heterocycles. The standard InChI is InChI=1S/C19H24N2O/c1-4-19-10-7-11-20(2)17(19)16-13-8-5-6-9-15(13)21(3)18(22)14(16)12-19/h5-6,8-9,17H,4,7,10-12H2,1-3H3/t17-,19+/m0/s1. The Hall–Kier alpha value is -1.61. The van der Waals surface area contributed by atoms with Crippen LogP contribution in [0.3, 0.4) is 0 Å². The minimum Gasteiger partial charge on any atom is -0.311 e. The molecule has 4 rings (SSSR count). The largest absolute Gasteiger partial charge is 0.311 e. The Morgan fingerprint density at radius 3 is 2.82 bits per heavy atom. The molecule has 0 unspecified atom stereocenters. The van der Waals surface area contributed by atoms with Gasteiger partial charge in [-0.05, 0) is 56.3 Å². The SMILES string of the molecule is CC[C@]12CCCN(C)[C@H]1c1c(c(=O)n(C)c3ccccc13)C2. The molecule has 22 heavy (non-hydrogen) atoms. The van der Waals surface area contributed by atoms with E-state index in [1.807, 2.05) is 17.7 Å². The predicted molar refractivity (Wildman–Crippen MR) is 90.2 cm³/mol. The van der Waals surface area contributed by atoms with Crippen molar-refractivity contribution in [2.75, 3.05) is 13.6 Å². The van der Waals surface area contributed by atoms with Crippen molar-refractivity contribution in [2.45, 2.75) is 38.6 Å². The first-order valence-electron chi connectivity index (χ1n) is 8.40. The molecule has 2 heterocycles. The summed E-state index contributed by atoms with van der Waals surface area (Å²) in [4.78, 5) is 15.4. The predicted octanol–water partition coefficient (Wildman–Crippen LogP) is 3.26. The minimum atomic E-state index is 0.212. The summed E-state index contributed by atoms with van der Waals surface area (Å²) in [5.41, 5.74) is 3.93. The van der Waals surface area contributed by atoms with E-state index in [9.17, 15) is 4.79 Å². The summed E-state index contributed by atoms with van der Waals surface area (Å²) >= 11 is 0. The fraction of sp³-hybridized carbons (Fsp3) is 0.526. The number of pyridine rings is 1. The lowest BCUT2D eigenvalue weighted by molar-refractivity contribution is 0.0410. The quantitative estimate of drug-likeness (QED) is 0.807. The van der Waals surface area contributed by atoms with Crippen molar-refractivity contribution in [3.8, 4) is 0 Å². The lowest BCUT2D eigenvalue weighted by Crippen LogP contribution is -2.41. The van der Waals surface area contributed by atoms with Gasteiger partial charge in [0.2, 0.25) is 0 Å². The van der Waals surface area contributed by atoms with E-state index in [1.165, 1.54) is 23.8 Å². The van der Waals surface area contributed by atoms with Crippen molar-refractivity contribution in [3.63, 3.8) is 0 Å². The Labute approximate surface area is 131 Å². The monoisotopic (exact) mass is 296 g/mol. The molecule has 0 radical (unpaired) electrons. The van der Waals surface area contributed by atoms with Crippen LogP contribution < -0.4 is 5.56 Å². The average Bonchev–Trinajstić information content (AvgIpc) is 2.90. The Morgan fingerprint density at radius 1 is 1.27 bits per heavy atom. The van der Waals surface area contributed by atoms with Crippen molar-refractivity contribution in [3.05, 3.63) is 45.7 Å². The molecule has 1 aliphatic carbocycles. The molecule has 2 atom stereocenters. The second kappa shape index (κ2) is 4.69. The van der Waals surface area contributed by atoms with Crippen LogP contribution in [0.2, 0.25) is 0 Å². The van der Waals surface area contributed by atoms with Crippen LogP contribution in [0.5, 0.6) is 0 Å². The molecule has 3 heteroatoms. The van der Waals surface area contributed by atoms with Gasteiger partial charge in [0.05, 0.1) is 5.52 Å². The number of hydrogen-bond donors (Lipinski definition) is 0. The number of aromatic nitrogens is 1. The maximum Gasteiger partial charge on any atom is 0.254 e. The van der Waals surface area contributed by atoms with Gasteiger partial charge in [-0.2, -0.15) is 0 Å². The van der Waals surface area contributed by atoms with Gasteiger partial charge in [0.15, 0.2) is 0 Å². The number of benzene rings is 1. The third-order valence-corrected chi connectivity index (χ3v) is 6.16. The Bertz CT molecular complexity index is 807. The van der Waals surface area contributed by atoms with Crippen molar-refractivity contribution in [1.29, 1.82) is 0 Å². The summed E-state index contributed by atoms with van der Waals surface area (Å²) in [6.45, 7) is 3.43. The Kier molecular flexibility index (Phi) is 2.99. The second-order valence-electron chi connectivity index (χ2n) is 7.15. The van der Waals surface area contributed by atoms with Gasteiger partial charge in [-0.25, -0.2) is 0 Å². The van der Waals surface area contributed by atoms with Crippen LogP contribution in [0.25, 0.3) is 10.9 Å². The van der Waals surface area contributed by atoms with Gasteiger partial charge in [0, 0.05) is 24.0 Å². The average molecular weight is 296 g/mol. The van der Waals surface area contributed by atoms with Crippen molar-refractivity contribution in [1.82, 2.24) is 9.47 Å². The van der Waals surface area contributed by atoms with E-state index >= 15 is 0 Å². The van der Waals surface area contributed by atoms with Crippen LogP contribution in [0, 0.1) is 5.41 Å². The second-order valence-corrected chi connectivity index (χ2v) is 7.15. The lowest BCUT2D eigenvalue weighted by atomic mass is 9.71. The molecule has 0 spiro atoms. The highest BCUT2D eigenvalue weighted by atomic mass is 16.1. The van der Waals surface area contributed by atoms with E-state index in [0.717, 1.165) is 30.5 Å². The van der Waals surface area contributed by atoms with E-state index in [4.69, 9.17) is 0 Å². The summed E-state index contributed by atoms with van der Waals surface area (Å²) in [7, 11) is 4.14.